The summed E-state index contributed by atoms with van der Waals surface area (Å²) in [5.74, 6) is 2.23. The van der Waals surface area contributed by atoms with E-state index < -0.39 is 6.04 Å². The van der Waals surface area contributed by atoms with Crippen molar-refractivity contribution in [2.75, 3.05) is 13.1 Å². The molecule has 2 rings (SSSR count). The largest absolute Gasteiger partial charge is 0.341 e. The maximum absolute atomic E-state index is 11.9. The summed E-state index contributed by atoms with van der Waals surface area (Å²) in [5.41, 5.74) is 5.67. The molecule has 0 radical (unpaired) electrons. The van der Waals surface area contributed by atoms with Gasteiger partial charge in [0.2, 0.25) is 5.91 Å². The van der Waals surface area contributed by atoms with E-state index in [1.807, 2.05) is 23.4 Å². The Balaban J connectivity index is 0.00000200. The number of amides is 1. The lowest BCUT2D eigenvalue weighted by atomic mass is 9.97. The quantitative estimate of drug-likeness (QED) is 0.902. The zero-order valence-corrected chi connectivity index (χ0v) is 14.4. The number of hydrogen-bond donors (Lipinski definition) is 1. The molecule has 1 aliphatic heterocycles. The van der Waals surface area contributed by atoms with Crippen molar-refractivity contribution in [1.82, 2.24) is 19.7 Å². The molecule has 0 aliphatic carbocycles. The predicted molar refractivity (Wildman–Crippen MR) is 86.9 cm³/mol. The Morgan fingerprint density at radius 3 is 2.62 bits per heavy atom. The molecule has 1 saturated heterocycles. The number of piperidine rings is 1. The number of nitrogens with zero attached hydrogens (tertiary/aromatic N) is 4. The first-order chi connectivity index (χ1) is 8.97. The molecule has 2 N–H and O–H groups in total. The molecule has 0 spiro atoms. The van der Waals surface area contributed by atoms with Gasteiger partial charge < -0.3 is 10.6 Å². The number of nitrogens with two attached hydrogens (primary N) is 1. The minimum Gasteiger partial charge on any atom is -0.341 e. The second-order valence-corrected chi connectivity index (χ2v) is 5.47. The van der Waals surface area contributed by atoms with E-state index in [2.05, 4.69) is 10.1 Å². The van der Waals surface area contributed by atoms with Crippen LogP contribution in [-0.2, 0) is 11.3 Å². The molecule has 6 nitrogen and oxygen atoms in total. The van der Waals surface area contributed by atoms with Gasteiger partial charge in [-0.25, -0.2) is 9.67 Å². The average Bonchev–Trinajstić information content (AvgIpc) is 2.67. The summed E-state index contributed by atoms with van der Waals surface area (Å²) in [6, 6.07) is -0.408. The minimum atomic E-state index is -0.408. The van der Waals surface area contributed by atoms with E-state index in [1.165, 1.54) is 0 Å². The first kappa shape index (κ1) is 20.1. The Morgan fingerprint density at radius 1 is 1.43 bits per heavy atom. The Bertz CT molecular complexity index is 463. The van der Waals surface area contributed by atoms with Gasteiger partial charge in [0.15, 0.2) is 0 Å². The number of carbonyl (C=O) groups is 1. The van der Waals surface area contributed by atoms with Crippen LogP contribution in [0.3, 0.4) is 0 Å². The van der Waals surface area contributed by atoms with Crippen LogP contribution in [0.4, 0.5) is 0 Å². The minimum absolute atomic E-state index is 0. The molecule has 1 amide bonds. The van der Waals surface area contributed by atoms with E-state index in [-0.39, 0.29) is 30.7 Å². The standard InChI is InChI=1S/C13H23N5O.2ClH/c1-9(14)13(19)17-6-4-5-12(7-17)8-18-11(3)15-10(2)16-18;;/h9,12H,4-8,14H2,1-3H3;2*1H/t9-,12?;;/m1../s1. The summed E-state index contributed by atoms with van der Waals surface area (Å²) < 4.78 is 1.94. The molecule has 122 valence electrons. The van der Waals surface area contributed by atoms with Crippen LogP contribution in [0.25, 0.3) is 0 Å². The Hall–Kier alpha value is -0.850. The molecule has 2 heterocycles. The maximum atomic E-state index is 11.9. The predicted octanol–water partition coefficient (Wildman–Crippen LogP) is 1.32. The lowest BCUT2D eigenvalue weighted by Crippen LogP contribution is -2.47. The number of likely N-dealkylation sites (tertiary alicyclic amines) is 1. The van der Waals surface area contributed by atoms with Crippen LogP contribution in [0.2, 0.25) is 0 Å². The summed E-state index contributed by atoms with van der Waals surface area (Å²) >= 11 is 0. The van der Waals surface area contributed by atoms with E-state index in [1.54, 1.807) is 6.92 Å². The molecular formula is C13H25Cl2N5O. The third-order valence-electron chi connectivity index (χ3n) is 3.61. The number of aromatic nitrogens is 3. The first-order valence-corrected chi connectivity index (χ1v) is 6.89. The van der Waals surface area contributed by atoms with Gasteiger partial charge >= 0.3 is 0 Å². The second kappa shape index (κ2) is 8.56. The highest BCUT2D eigenvalue weighted by Gasteiger charge is 2.26. The van der Waals surface area contributed by atoms with Crippen molar-refractivity contribution in [3.05, 3.63) is 11.6 Å². The highest BCUT2D eigenvalue weighted by Crippen LogP contribution is 2.19. The molecule has 0 bridgehead atoms. The van der Waals surface area contributed by atoms with E-state index in [0.29, 0.717) is 5.92 Å². The fraction of sp³-hybridized carbons (Fsp3) is 0.769. The zero-order valence-electron chi connectivity index (χ0n) is 12.8. The molecule has 1 aromatic rings. The van der Waals surface area contributed by atoms with Crippen molar-refractivity contribution in [3.63, 3.8) is 0 Å². The van der Waals surface area contributed by atoms with Gasteiger partial charge in [0.1, 0.15) is 11.6 Å². The topological polar surface area (TPSA) is 77.0 Å². The Kier molecular flexibility index (Phi) is 8.21. The van der Waals surface area contributed by atoms with Crippen molar-refractivity contribution in [1.29, 1.82) is 0 Å². The van der Waals surface area contributed by atoms with Gasteiger partial charge in [0.25, 0.3) is 0 Å². The molecule has 1 unspecified atom stereocenters. The molecule has 1 fully saturated rings. The van der Waals surface area contributed by atoms with E-state index in [4.69, 9.17) is 5.73 Å². The van der Waals surface area contributed by atoms with Gasteiger partial charge in [0.05, 0.1) is 6.04 Å². The highest BCUT2D eigenvalue weighted by molar-refractivity contribution is 5.85. The average molecular weight is 338 g/mol. The summed E-state index contributed by atoms with van der Waals surface area (Å²) in [6.45, 7) is 8.04. The summed E-state index contributed by atoms with van der Waals surface area (Å²) in [4.78, 5) is 18.1. The van der Waals surface area contributed by atoms with Gasteiger partial charge in [-0.2, -0.15) is 5.10 Å². The second-order valence-electron chi connectivity index (χ2n) is 5.47. The smallest absolute Gasteiger partial charge is 0.239 e. The van der Waals surface area contributed by atoms with E-state index in [9.17, 15) is 4.79 Å². The van der Waals surface area contributed by atoms with Crippen LogP contribution < -0.4 is 5.73 Å². The Labute approximate surface area is 138 Å². The van der Waals surface area contributed by atoms with Crippen LogP contribution in [0.15, 0.2) is 0 Å². The summed E-state index contributed by atoms with van der Waals surface area (Å²) in [7, 11) is 0. The first-order valence-electron chi connectivity index (χ1n) is 6.89. The van der Waals surface area contributed by atoms with Crippen LogP contribution >= 0.6 is 24.8 Å². The van der Waals surface area contributed by atoms with Crippen LogP contribution in [0, 0.1) is 19.8 Å². The normalized spacial score (nSPS) is 19.4. The van der Waals surface area contributed by atoms with E-state index in [0.717, 1.165) is 44.1 Å². The van der Waals surface area contributed by atoms with E-state index >= 15 is 0 Å². The molecule has 21 heavy (non-hydrogen) atoms. The molecule has 0 aromatic carbocycles. The number of halogens is 2. The van der Waals surface area contributed by atoms with Gasteiger partial charge in [-0.3, -0.25) is 4.79 Å². The molecule has 8 heteroatoms. The van der Waals surface area contributed by atoms with Crippen LogP contribution in [0.5, 0.6) is 0 Å². The molecular weight excluding hydrogens is 313 g/mol. The van der Waals surface area contributed by atoms with Crippen molar-refractivity contribution < 1.29 is 4.79 Å². The molecule has 1 aromatic heterocycles. The van der Waals surface area contributed by atoms with Gasteiger partial charge in [0, 0.05) is 19.6 Å². The van der Waals surface area contributed by atoms with Gasteiger partial charge in [-0.15, -0.1) is 24.8 Å². The van der Waals surface area contributed by atoms with Crippen LogP contribution in [-0.4, -0.2) is 44.7 Å². The van der Waals surface area contributed by atoms with Crippen molar-refractivity contribution in [3.8, 4) is 0 Å². The molecule has 0 saturated carbocycles. The summed E-state index contributed by atoms with van der Waals surface area (Å²) in [6.07, 6.45) is 2.16. The monoisotopic (exact) mass is 337 g/mol. The lowest BCUT2D eigenvalue weighted by Gasteiger charge is -2.33. The Morgan fingerprint density at radius 2 is 2.10 bits per heavy atom. The van der Waals surface area contributed by atoms with Gasteiger partial charge in [-0.05, 0) is 39.5 Å². The molecule has 2 atom stereocenters. The highest BCUT2D eigenvalue weighted by atomic mass is 35.5. The fourth-order valence-electron chi connectivity index (χ4n) is 2.68. The SMILES string of the molecule is Cc1nc(C)n(CC2CCCN(C(=O)[C@@H](C)N)C2)n1.Cl.Cl. The number of carbonyl (C=O) groups excluding carboxylic acids is 1. The lowest BCUT2D eigenvalue weighted by molar-refractivity contribution is -0.134. The third kappa shape index (κ3) is 5.13. The van der Waals surface area contributed by atoms with Crippen molar-refractivity contribution >= 4 is 30.7 Å². The summed E-state index contributed by atoms with van der Waals surface area (Å²) in [5, 5.41) is 4.39. The number of rotatable bonds is 3. The number of aryl methyl sites for hydroxylation is 2. The molecule has 1 aliphatic rings. The zero-order chi connectivity index (χ0) is 14.0. The maximum Gasteiger partial charge on any atom is 0.239 e. The van der Waals surface area contributed by atoms with Gasteiger partial charge in [-0.1, -0.05) is 0 Å². The van der Waals surface area contributed by atoms with Crippen molar-refractivity contribution in [2.45, 2.75) is 46.2 Å². The van der Waals surface area contributed by atoms with Crippen LogP contribution in [0.1, 0.15) is 31.4 Å². The number of hydrogen-bond acceptors (Lipinski definition) is 4. The third-order valence-corrected chi connectivity index (χ3v) is 3.61. The van der Waals surface area contributed by atoms with Crippen molar-refractivity contribution in [2.24, 2.45) is 11.7 Å². The fourth-order valence-corrected chi connectivity index (χ4v) is 2.68.